The molecule has 12 aromatic rings. The molecule has 10 aromatic carbocycles. The first kappa shape index (κ1) is 34.0. The molecular formula is C56H36N2O2. The van der Waals surface area contributed by atoms with Crippen LogP contribution in [0.1, 0.15) is 0 Å². The van der Waals surface area contributed by atoms with Crippen molar-refractivity contribution in [2.45, 2.75) is 0 Å². The largest absolute Gasteiger partial charge is 0.456 e. The van der Waals surface area contributed by atoms with E-state index in [1.54, 1.807) is 0 Å². The summed E-state index contributed by atoms with van der Waals surface area (Å²) in [7, 11) is 0. The van der Waals surface area contributed by atoms with E-state index in [0.29, 0.717) is 0 Å². The topological polar surface area (TPSA) is 32.8 Å². The number of para-hydroxylation sites is 4. The molecule has 60 heavy (non-hydrogen) atoms. The van der Waals surface area contributed by atoms with E-state index in [-0.39, 0.29) is 0 Å². The highest BCUT2D eigenvalue weighted by Gasteiger charge is 2.26. The molecule has 0 spiro atoms. The normalized spacial score (nSPS) is 11.7. The fourth-order valence-corrected chi connectivity index (χ4v) is 9.12. The monoisotopic (exact) mass is 768 g/mol. The van der Waals surface area contributed by atoms with Gasteiger partial charge in [0, 0.05) is 33.3 Å². The smallest absolute Gasteiger partial charge is 0.137 e. The molecule has 0 atom stereocenters. The minimum absolute atomic E-state index is 0.847. The van der Waals surface area contributed by atoms with Gasteiger partial charge in [0.25, 0.3) is 0 Å². The van der Waals surface area contributed by atoms with E-state index in [4.69, 9.17) is 8.83 Å². The van der Waals surface area contributed by atoms with Crippen molar-refractivity contribution >= 4 is 99.5 Å². The molecule has 0 unspecified atom stereocenters. The van der Waals surface area contributed by atoms with Crippen molar-refractivity contribution in [1.29, 1.82) is 0 Å². The molecule has 0 aliphatic carbocycles. The SMILES string of the molecule is c1ccc(N(c2ccc3ccccc3c2)c2cccc3oc4ccccc4c23)c(-c2ccccc2N(c2ccc3ccccc3c2)c2cccc3oc4ccccc4c23)c1. The van der Waals surface area contributed by atoms with Crippen LogP contribution in [0.15, 0.2) is 227 Å². The van der Waals surface area contributed by atoms with Gasteiger partial charge in [0.2, 0.25) is 0 Å². The lowest BCUT2D eigenvalue weighted by Gasteiger charge is -2.32. The predicted molar refractivity (Wildman–Crippen MR) is 251 cm³/mol. The zero-order valence-electron chi connectivity index (χ0n) is 32.5. The molecule has 0 N–H and O–H groups in total. The van der Waals surface area contributed by atoms with Crippen LogP contribution in [0.4, 0.5) is 34.1 Å². The van der Waals surface area contributed by atoms with Gasteiger partial charge in [-0.3, -0.25) is 0 Å². The van der Waals surface area contributed by atoms with Crippen LogP contribution in [0.25, 0.3) is 76.5 Å². The molecule has 12 rings (SSSR count). The van der Waals surface area contributed by atoms with Gasteiger partial charge in [-0.15, -0.1) is 0 Å². The highest BCUT2D eigenvalue weighted by atomic mass is 16.3. The molecule has 0 amide bonds. The third-order valence-corrected chi connectivity index (χ3v) is 11.8. The molecule has 4 nitrogen and oxygen atoms in total. The van der Waals surface area contributed by atoms with Crippen LogP contribution in [0.3, 0.4) is 0 Å². The summed E-state index contributed by atoms with van der Waals surface area (Å²) < 4.78 is 13.0. The molecular weight excluding hydrogens is 733 g/mol. The summed E-state index contributed by atoms with van der Waals surface area (Å²) in [6.45, 7) is 0. The van der Waals surface area contributed by atoms with Crippen molar-refractivity contribution in [1.82, 2.24) is 0 Å². The minimum Gasteiger partial charge on any atom is -0.456 e. The van der Waals surface area contributed by atoms with Crippen LogP contribution in [-0.2, 0) is 0 Å². The van der Waals surface area contributed by atoms with Crippen molar-refractivity contribution < 1.29 is 8.83 Å². The summed E-state index contributed by atoms with van der Waals surface area (Å²) in [5, 5.41) is 9.03. The Kier molecular flexibility index (Phi) is 7.82. The number of anilines is 6. The van der Waals surface area contributed by atoms with Crippen molar-refractivity contribution in [3.8, 4) is 11.1 Å². The average Bonchev–Trinajstić information content (AvgIpc) is 3.89. The van der Waals surface area contributed by atoms with Crippen LogP contribution in [0.5, 0.6) is 0 Å². The Hall–Kier alpha value is -8.08. The van der Waals surface area contributed by atoms with Gasteiger partial charge < -0.3 is 18.6 Å². The Morgan fingerprint density at radius 1 is 0.267 bits per heavy atom. The van der Waals surface area contributed by atoms with Crippen LogP contribution in [0.2, 0.25) is 0 Å². The van der Waals surface area contributed by atoms with Gasteiger partial charge in [0.1, 0.15) is 22.3 Å². The first-order valence-electron chi connectivity index (χ1n) is 20.3. The number of furan rings is 2. The number of nitrogens with zero attached hydrogens (tertiary/aromatic N) is 2. The first-order valence-corrected chi connectivity index (χ1v) is 20.3. The third-order valence-electron chi connectivity index (χ3n) is 11.8. The average molecular weight is 769 g/mol. The Morgan fingerprint density at radius 2 is 0.633 bits per heavy atom. The summed E-state index contributed by atoms with van der Waals surface area (Å²) in [4.78, 5) is 4.82. The van der Waals surface area contributed by atoms with Crippen molar-refractivity contribution in [2.24, 2.45) is 0 Å². The lowest BCUT2D eigenvalue weighted by atomic mass is 9.97. The maximum Gasteiger partial charge on any atom is 0.137 e. The quantitative estimate of drug-likeness (QED) is 0.162. The Bertz CT molecular complexity index is 3360. The van der Waals surface area contributed by atoms with E-state index in [1.165, 1.54) is 21.5 Å². The van der Waals surface area contributed by atoms with Gasteiger partial charge in [0.15, 0.2) is 0 Å². The standard InChI is InChI=1S/C56H36N2O2/c1-3-17-39-35-41(33-31-37(39)15-1)57(49-25-13-29-53-55(49)45-21-7-11-27-51(45)59-53)47-23-9-5-19-43(47)44-20-6-10-24-48(44)58(42-34-32-38-16-2-4-18-40(38)36-42)50-26-14-30-54-56(50)46-22-8-12-28-52(46)60-54/h1-36H. The van der Waals surface area contributed by atoms with Crippen LogP contribution in [0, 0.1) is 0 Å². The molecule has 2 aromatic heterocycles. The highest BCUT2D eigenvalue weighted by Crippen LogP contribution is 2.51. The molecule has 0 fully saturated rings. The summed E-state index contributed by atoms with van der Waals surface area (Å²) in [6, 6.07) is 77.6. The maximum absolute atomic E-state index is 6.50. The minimum atomic E-state index is 0.847. The Morgan fingerprint density at radius 3 is 1.12 bits per heavy atom. The Labute approximate surface area is 346 Å². The van der Waals surface area contributed by atoms with Crippen molar-refractivity contribution in [2.75, 3.05) is 9.80 Å². The second-order valence-electron chi connectivity index (χ2n) is 15.3. The zero-order chi connectivity index (χ0) is 39.6. The van der Waals surface area contributed by atoms with Crippen LogP contribution >= 0.6 is 0 Å². The lowest BCUT2D eigenvalue weighted by Crippen LogP contribution is -2.14. The molecule has 0 radical (unpaired) electrons. The third kappa shape index (κ3) is 5.46. The van der Waals surface area contributed by atoms with Gasteiger partial charge in [-0.1, -0.05) is 146 Å². The molecule has 2 heterocycles. The lowest BCUT2D eigenvalue weighted by molar-refractivity contribution is 0.668. The molecule has 0 saturated heterocycles. The second kappa shape index (κ2) is 13.8. The Balaban J connectivity index is 1.14. The van der Waals surface area contributed by atoms with E-state index in [9.17, 15) is 0 Å². The van der Waals surface area contributed by atoms with Crippen LogP contribution in [-0.4, -0.2) is 0 Å². The number of hydrogen-bond donors (Lipinski definition) is 0. The molecule has 0 aliphatic heterocycles. The van der Waals surface area contributed by atoms with Gasteiger partial charge in [-0.2, -0.15) is 0 Å². The van der Waals surface area contributed by atoms with E-state index in [1.807, 2.05) is 12.1 Å². The highest BCUT2D eigenvalue weighted by molar-refractivity contribution is 6.16. The molecule has 0 saturated carbocycles. The fraction of sp³-hybridized carbons (Fsp3) is 0. The van der Waals surface area contributed by atoms with Crippen molar-refractivity contribution in [3.63, 3.8) is 0 Å². The van der Waals surface area contributed by atoms with Gasteiger partial charge in [-0.05, 0) is 94.3 Å². The van der Waals surface area contributed by atoms with E-state index >= 15 is 0 Å². The van der Waals surface area contributed by atoms with Gasteiger partial charge >= 0.3 is 0 Å². The molecule has 0 bridgehead atoms. The summed E-state index contributed by atoms with van der Waals surface area (Å²) in [6.07, 6.45) is 0. The molecule has 0 aliphatic rings. The predicted octanol–water partition coefficient (Wildman–Crippen LogP) is 16.4. The van der Waals surface area contributed by atoms with Crippen LogP contribution < -0.4 is 9.80 Å². The molecule has 4 heteroatoms. The van der Waals surface area contributed by atoms with Gasteiger partial charge in [-0.25, -0.2) is 0 Å². The first-order chi connectivity index (χ1) is 29.8. The maximum atomic E-state index is 6.50. The van der Waals surface area contributed by atoms with Crippen molar-refractivity contribution in [3.05, 3.63) is 218 Å². The molecule has 282 valence electrons. The summed E-state index contributed by atoms with van der Waals surface area (Å²) >= 11 is 0. The summed E-state index contributed by atoms with van der Waals surface area (Å²) in [5.74, 6) is 0. The number of fused-ring (bicyclic) bond motifs is 8. The fourth-order valence-electron chi connectivity index (χ4n) is 9.12. The second-order valence-corrected chi connectivity index (χ2v) is 15.3. The van der Waals surface area contributed by atoms with E-state index in [2.05, 4.69) is 216 Å². The van der Waals surface area contributed by atoms with Gasteiger partial charge in [0.05, 0.1) is 33.5 Å². The summed E-state index contributed by atoms with van der Waals surface area (Å²) in [5.41, 5.74) is 11.9. The zero-order valence-corrected chi connectivity index (χ0v) is 32.5. The van der Waals surface area contributed by atoms with E-state index < -0.39 is 0 Å². The van der Waals surface area contributed by atoms with E-state index in [0.717, 1.165) is 89.1 Å². The number of rotatable bonds is 7. The number of hydrogen-bond acceptors (Lipinski definition) is 4. The number of benzene rings is 10.